The Hall–Kier alpha value is -2.36. The van der Waals surface area contributed by atoms with Gasteiger partial charge in [0.05, 0.1) is 6.21 Å². The fraction of sp³-hybridized carbons (Fsp3) is 0.188. The van der Waals surface area contributed by atoms with Crippen molar-refractivity contribution in [3.63, 3.8) is 0 Å². The summed E-state index contributed by atoms with van der Waals surface area (Å²) >= 11 is 0. The molecule has 0 aliphatic heterocycles. The SMILES string of the molecule is CN(C)c1ccc(/C=N/OCc2ccccc2F)cc1. The highest BCUT2D eigenvalue weighted by Gasteiger charge is 1.99. The molecule has 0 fully saturated rings. The largest absolute Gasteiger partial charge is 0.391 e. The summed E-state index contributed by atoms with van der Waals surface area (Å²) in [5.41, 5.74) is 2.55. The lowest BCUT2D eigenvalue weighted by atomic mass is 10.2. The highest BCUT2D eigenvalue weighted by Crippen LogP contribution is 2.11. The highest BCUT2D eigenvalue weighted by atomic mass is 19.1. The molecule has 0 N–H and O–H groups in total. The number of oxime groups is 1. The molecule has 0 radical (unpaired) electrons. The first-order valence-electron chi connectivity index (χ1n) is 6.33. The Morgan fingerprint density at radius 2 is 1.80 bits per heavy atom. The van der Waals surface area contributed by atoms with Crippen LogP contribution in [0.2, 0.25) is 0 Å². The predicted octanol–water partition coefficient (Wildman–Crippen LogP) is 3.44. The van der Waals surface area contributed by atoms with E-state index in [2.05, 4.69) is 5.16 Å². The third kappa shape index (κ3) is 3.82. The molecule has 0 saturated carbocycles. The fourth-order valence-electron chi connectivity index (χ4n) is 1.68. The van der Waals surface area contributed by atoms with Gasteiger partial charge in [0.2, 0.25) is 0 Å². The molecule has 0 aliphatic carbocycles. The Morgan fingerprint density at radius 1 is 1.10 bits per heavy atom. The van der Waals surface area contributed by atoms with E-state index < -0.39 is 0 Å². The topological polar surface area (TPSA) is 24.8 Å². The molecule has 0 amide bonds. The standard InChI is InChI=1S/C16H17FN2O/c1-19(2)15-9-7-13(8-10-15)11-18-20-12-14-5-3-4-6-16(14)17/h3-11H,12H2,1-2H3/b18-11+. The van der Waals surface area contributed by atoms with Crippen LogP contribution >= 0.6 is 0 Å². The molecule has 0 heterocycles. The number of nitrogens with zero attached hydrogens (tertiary/aromatic N) is 2. The van der Waals surface area contributed by atoms with Crippen molar-refractivity contribution < 1.29 is 9.23 Å². The molecular formula is C16H17FN2O. The molecular weight excluding hydrogens is 255 g/mol. The van der Waals surface area contributed by atoms with Crippen LogP contribution in [0, 0.1) is 5.82 Å². The van der Waals surface area contributed by atoms with Crippen molar-refractivity contribution in [2.75, 3.05) is 19.0 Å². The van der Waals surface area contributed by atoms with Crippen LogP contribution in [0.15, 0.2) is 53.7 Å². The van der Waals surface area contributed by atoms with Gasteiger partial charge in [0, 0.05) is 25.3 Å². The minimum atomic E-state index is -0.280. The molecule has 0 aromatic heterocycles. The van der Waals surface area contributed by atoms with Crippen molar-refractivity contribution in [1.29, 1.82) is 0 Å². The van der Waals surface area contributed by atoms with Crippen molar-refractivity contribution in [3.05, 3.63) is 65.5 Å². The molecule has 0 aliphatic rings. The average molecular weight is 272 g/mol. The van der Waals surface area contributed by atoms with Gasteiger partial charge in [-0.3, -0.25) is 0 Å². The van der Waals surface area contributed by atoms with E-state index in [1.54, 1.807) is 24.4 Å². The van der Waals surface area contributed by atoms with Crippen molar-refractivity contribution in [3.8, 4) is 0 Å². The quantitative estimate of drug-likeness (QED) is 0.615. The molecule has 4 heteroatoms. The second-order valence-electron chi connectivity index (χ2n) is 4.59. The van der Waals surface area contributed by atoms with Crippen LogP contribution in [0.1, 0.15) is 11.1 Å². The Morgan fingerprint density at radius 3 is 2.45 bits per heavy atom. The monoisotopic (exact) mass is 272 g/mol. The summed E-state index contributed by atoms with van der Waals surface area (Å²) < 4.78 is 13.3. The lowest BCUT2D eigenvalue weighted by Gasteiger charge is -2.11. The molecule has 0 saturated heterocycles. The van der Waals surface area contributed by atoms with Crippen LogP contribution in [0.5, 0.6) is 0 Å². The summed E-state index contributed by atoms with van der Waals surface area (Å²) in [5, 5.41) is 3.85. The van der Waals surface area contributed by atoms with Gasteiger partial charge in [-0.15, -0.1) is 0 Å². The molecule has 20 heavy (non-hydrogen) atoms. The minimum Gasteiger partial charge on any atom is -0.391 e. The highest BCUT2D eigenvalue weighted by molar-refractivity contribution is 5.79. The maximum atomic E-state index is 13.3. The van der Waals surface area contributed by atoms with E-state index in [1.807, 2.05) is 43.3 Å². The summed E-state index contributed by atoms with van der Waals surface area (Å²) in [6.07, 6.45) is 1.61. The van der Waals surface area contributed by atoms with Gasteiger partial charge >= 0.3 is 0 Å². The Labute approximate surface area is 118 Å². The molecule has 0 unspecified atom stereocenters. The average Bonchev–Trinajstić information content (AvgIpc) is 2.46. The third-order valence-corrected chi connectivity index (χ3v) is 2.86. The lowest BCUT2D eigenvalue weighted by molar-refractivity contribution is 0.129. The number of halogens is 1. The summed E-state index contributed by atoms with van der Waals surface area (Å²) in [7, 11) is 3.97. The van der Waals surface area contributed by atoms with Gasteiger partial charge in [-0.25, -0.2) is 4.39 Å². The number of rotatable bonds is 5. The first-order valence-corrected chi connectivity index (χ1v) is 6.33. The number of benzene rings is 2. The van der Waals surface area contributed by atoms with E-state index in [4.69, 9.17) is 4.84 Å². The Bertz CT molecular complexity index is 579. The molecule has 0 spiro atoms. The third-order valence-electron chi connectivity index (χ3n) is 2.86. The smallest absolute Gasteiger partial charge is 0.145 e. The zero-order valence-corrected chi connectivity index (χ0v) is 11.6. The minimum absolute atomic E-state index is 0.124. The van der Waals surface area contributed by atoms with E-state index in [1.165, 1.54) is 6.07 Å². The molecule has 2 aromatic rings. The second-order valence-corrected chi connectivity index (χ2v) is 4.59. The second kappa shape index (κ2) is 6.70. The lowest BCUT2D eigenvalue weighted by Crippen LogP contribution is -2.08. The van der Waals surface area contributed by atoms with Gasteiger partial charge < -0.3 is 9.74 Å². The van der Waals surface area contributed by atoms with Gasteiger partial charge in [0.15, 0.2) is 0 Å². The van der Waals surface area contributed by atoms with Gasteiger partial charge in [0.25, 0.3) is 0 Å². The first kappa shape index (κ1) is 14.1. The number of hydrogen-bond donors (Lipinski definition) is 0. The van der Waals surface area contributed by atoms with Crippen LogP contribution in [0.4, 0.5) is 10.1 Å². The summed E-state index contributed by atoms with van der Waals surface area (Å²) in [5.74, 6) is -0.280. The predicted molar refractivity (Wildman–Crippen MR) is 79.6 cm³/mol. The maximum Gasteiger partial charge on any atom is 0.145 e. The molecule has 3 nitrogen and oxygen atoms in total. The molecule has 2 rings (SSSR count). The molecule has 0 atom stereocenters. The summed E-state index contributed by atoms with van der Waals surface area (Å²) in [6, 6.07) is 14.4. The van der Waals surface area contributed by atoms with Crippen molar-refractivity contribution in [2.45, 2.75) is 6.61 Å². The van der Waals surface area contributed by atoms with Crippen LogP contribution in [-0.2, 0) is 11.4 Å². The zero-order valence-electron chi connectivity index (χ0n) is 11.6. The van der Waals surface area contributed by atoms with Gasteiger partial charge in [-0.1, -0.05) is 35.5 Å². The van der Waals surface area contributed by atoms with E-state index >= 15 is 0 Å². The molecule has 104 valence electrons. The van der Waals surface area contributed by atoms with E-state index in [9.17, 15) is 4.39 Å². The van der Waals surface area contributed by atoms with Gasteiger partial charge in [-0.05, 0) is 23.8 Å². The van der Waals surface area contributed by atoms with Crippen molar-refractivity contribution in [1.82, 2.24) is 0 Å². The number of anilines is 1. The molecule has 0 bridgehead atoms. The van der Waals surface area contributed by atoms with E-state index in [0.717, 1.165) is 11.3 Å². The maximum absolute atomic E-state index is 13.3. The van der Waals surface area contributed by atoms with Gasteiger partial charge in [0.1, 0.15) is 12.4 Å². The van der Waals surface area contributed by atoms with Crippen LogP contribution in [-0.4, -0.2) is 20.3 Å². The van der Waals surface area contributed by atoms with Gasteiger partial charge in [-0.2, -0.15) is 0 Å². The van der Waals surface area contributed by atoms with E-state index in [0.29, 0.717) is 5.56 Å². The fourth-order valence-corrected chi connectivity index (χ4v) is 1.68. The summed E-state index contributed by atoms with van der Waals surface area (Å²) in [4.78, 5) is 7.12. The van der Waals surface area contributed by atoms with Crippen LogP contribution in [0.25, 0.3) is 0 Å². The van der Waals surface area contributed by atoms with E-state index in [-0.39, 0.29) is 12.4 Å². The number of hydrogen-bond acceptors (Lipinski definition) is 3. The van der Waals surface area contributed by atoms with Crippen LogP contribution in [0.3, 0.4) is 0 Å². The zero-order chi connectivity index (χ0) is 14.4. The Balaban J connectivity index is 1.89. The normalized spacial score (nSPS) is 10.8. The Kier molecular flexibility index (Phi) is 4.71. The van der Waals surface area contributed by atoms with Crippen LogP contribution < -0.4 is 4.90 Å². The summed E-state index contributed by atoms with van der Waals surface area (Å²) in [6.45, 7) is 0.124. The van der Waals surface area contributed by atoms with Crippen molar-refractivity contribution in [2.24, 2.45) is 5.16 Å². The molecule has 2 aromatic carbocycles. The first-order chi connectivity index (χ1) is 9.66. The van der Waals surface area contributed by atoms with Crippen molar-refractivity contribution >= 4 is 11.9 Å².